The van der Waals surface area contributed by atoms with Gasteiger partial charge in [-0.2, -0.15) is 4.98 Å². The maximum absolute atomic E-state index is 12.7. The quantitative estimate of drug-likeness (QED) is 0.553. The molecule has 2 aromatic carbocycles. The van der Waals surface area contributed by atoms with Crippen molar-refractivity contribution < 1.29 is 9.32 Å². The minimum atomic E-state index is -0.110. The lowest BCUT2D eigenvalue weighted by Crippen LogP contribution is -2.41. The highest BCUT2D eigenvalue weighted by molar-refractivity contribution is 7.98. The molecular formula is C21H21ClN4O2S. The van der Waals surface area contributed by atoms with Gasteiger partial charge in [0, 0.05) is 34.3 Å². The molecule has 0 radical (unpaired) electrons. The number of carbonyl (C=O) groups excluding carboxylic acids is 1. The molecule has 1 aromatic heterocycles. The van der Waals surface area contributed by atoms with Crippen molar-refractivity contribution in [3.8, 4) is 11.4 Å². The van der Waals surface area contributed by atoms with Crippen molar-refractivity contribution in [1.82, 2.24) is 15.0 Å². The minimum absolute atomic E-state index is 0.0220. The Hall–Kier alpha value is -2.51. The van der Waals surface area contributed by atoms with Crippen LogP contribution in [0, 0.1) is 0 Å². The first-order valence-electron chi connectivity index (χ1n) is 9.42. The van der Waals surface area contributed by atoms with E-state index >= 15 is 0 Å². The number of aromatic nitrogens is 2. The SMILES string of the molecule is CSc1ccc(NC(=O)N2CCCC(c3nc(-c4cccc(Cl)c4)no3)C2)cc1. The molecule has 2 amide bonds. The molecule has 29 heavy (non-hydrogen) atoms. The van der Waals surface area contributed by atoms with Crippen molar-refractivity contribution in [2.24, 2.45) is 0 Å². The van der Waals surface area contributed by atoms with Crippen LogP contribution in [0.4, 0.5) is 10.5 Å². The Labute approximate surface area is 178 Å². The number of urea groups is 1. The summed E-state index contributed by atoms with van der Waals surface area (Å²) in [5, 5.41) is 7.68. The molecule has 6 nitrogen and oxygen atoms in total. The van der Waals surface area contributed by atoms with Crippen LogP contribution in [-0.4, -0.2) is 40.4 Å². The van der Waals surface area contributed by atoms with Gasteiger partial charge in [-0.1, -0.05) is 28.9 Å². The fourth-order valence-corrected chi connectivity index (χ4v) is 3.98. The van der Waals surface area contributed by atoms with E-state index in [-0.39, 0.29) is 11.9 Å². The Kier molecular flexibility index (Phi) is 6.06. The molecule has 1 aliphatic rings. The number of rotatable bonds is 4. The topological polar surface area (TPSA) is 71.3 Å². The van der Waals surface area contributed by atoms with Crippen LogP contribution in [0.1, 0.15) is 24.7 Å². The van der Waals surface area contributed by atoms with Crippen LogP contribution in [-0.2, 0) is 0 Å². The van der Waals surface area contributed by atoms with E-state index < -0.39 is 0 Å². The summed E-state index contributed by atoms with van der Waals surface area (Å²) >= 11 is 7.72. The summed E-state index contributed by atoms with van der Waals surface area (Å²) in [4.78, 5) is 20.2. The molecule has 0 spiro atoms. The number of halogens is 1. The molecule has 1 atom stereocenters. The van der Waals surface area contributed by atoms with Crippen LogP contribution < -0.4 is 5.32 Å². The number of thioether (sulfide) groups is 1. The second-order valence-corrected chi connectivity index (χ2v) is 8.23. The van der Waals surface area contributed by atoms with Crippen LogP contribution in [0.15, 0.2) is 57.9 Å². The molecule has 1 saturated heterocycles. The second-order valence-electron chi connectivity index (χ2n) is 6.91. The summed E-state index contributed by atoms with van der Waals surface area (Å²) in [6.45, 7) is 1.26. The molecule has 1 unspecified atom stereocenters. The van der Waals surface area contributed by atoms with Crippen molar-refractivity contribution in [3.63, 3.8) is 0 Å². The fraction of sp³-hybridized carbons (Fsp3) is 0.286. The van der Waals surface area contributed by atoms with Crippen LogP contribution in [0.3, 0.4) is 0 Å². The van der Waals surface area contributed by atoms with E-state index in [0.29, 0.717) is 29.8 Å². The maximum atomic E-state index is 12.7. The molecule has 0 aliphatic carbocycles. The predicted molar refractivity (Wildman–Crippen MR) is 116 cm³/mol. The van der Waals surface area contributed by atoms with E-state index in [2.05, 4.69) is 15.5 Å². The van der Waals surface area contributed by atoms with Gasteiger partial charge >= 0.3 is 6.03 Å². The molecular weight excluding hydrogens is 408 g/mol. The number of nitrogens with one attached hydrogen (secondary N) is 1. The van der Waals surface area contributed by atoms with E-state index in [1.54, 1.807) is 28.8 Å². The van der Waals surface area contributed by atoms with Crippen molar-refractivity contribution in [3.05, 3.63) is 59.4 Å². The van der Waals surface area contributed by atoms with E-state index in [1.807, 2.05) is 42.7 Å². The first-order chi connectivity index (χ1) is 14.1. The van der Waals surface area contributed by atoms with Gasteiger partial charge in [-0.05, 0) is 55.5 Å². The van der Waals surface area contributed by atoms with Gasteiger partial charge in [-0.25, -0.2) is 4.79 Å². The smallest absolute Gasteiger partial charge is 0.321 e. The summed E-state index contributed by atoms with van der Waals surface area (Å²) in [5.41, 5.74) is 1.60. The summed E-state index contributed by atoms with van der Waals surface area (Å²) in [6.07, 6.45) is 3.82. The van der Waals surface area contributed by atoms with Crippen molar-refractivity contribution in [2.75, 3.05) is 24.7 Å². The van der Waals surface area contributed by atoms with Gasteiger partial charge < -0.3 is 14.7 Å². The standard InChI is InChI=1S/C21H21ClN4O2S/c1-29-18-9-7-17(8-10-18)23-21(27)26-11-3-5-15(13-26)20-24-19(25-28-20)14-4-2-6-16(22)12-14/h2,4,6-10,12,15H,3,5,11,13H2,1H3,(H,23,27). The molecule has 8 heteroatoms. The Bertz CT molecular complexity index is 992. The van der Waals surface area contributed by atoms with Crippen molar-refractivity contribution in [1.29, 1.82) is 0 Å². The van der Waals surface area contributed by atoms with Gasteiger partial charge in [-0.3, -0.25) is 0 Å². The van der Waals surface area contributed by atoms with Crippen LogP contribution in [0.25, 0.3) is 11.4 Å². The highest BCUT2D eigenvalue weighted by Gasteiger charge is 2.28. The van der Waals surface area contributed by atoms with Gasteiger partial charge in [0.15, 0.2) is 0 Å². The highest BCUT2D eigenvalue weighted by Crippen LogP contribution is 2.28. The number of hydrogen-bond acceptors (Lipinski definition) is 5. The molecule has 3 aromatic rings. The van der Waals surface area contributed by atoms with Crippen LogP contribution >= 0.6 is 23.4 Å². The third kappa shape index (κ3) is 4.74. The predicted octanol–water partition coefficient (Wildman–Crippen LogP) is 5.52. The molecule has 1 N–H and O–H groups in total. The minimum Gasteiger partial charge on any atom is -0.339 e. The van der Waals surface area contributed by atoms with Crippen LogP contribution in [0.2, 0.25) is 5.02 Å². The summed E-state index contributed by atoms with van der Waals surface area (Å²) in [5.74, 6) is 1.09. The van der Waals surface area contributed by atoms with Gasteiger partial charge in [0.2, 0.25) is 11.7 Å². The normalized spacial score (nSPS) is 16.6. The zero-order valence-electron chi connectivity index (χ0n) is 16.0. The van der Waals surface area contributed by atoms with Crippen molar-refractivity contribution >= 4 is 35.1 Å². The largest absolute Gasteiger partial charge is 0.339 e. The average molecular weight is 429 g/mol. The second kappa shape index (κ2) is 8.88. The third-order valence-electron chi connectivity index (χ3n) is 4.92. The van der Waals surface area contributed by atoms with Crippen LogP contribution in [0.5, 0.6) is 0 Å². The molecule has 1 fully saturated rings. The van der Waals surface area contributed by atoms with E-state index in [1.165, 1.54) is 0 Å². The van der Waals surface area contributed by atoms with E-state index in [9.17, 15) is 4.79 Å². The zero-order chi connectivity index (χ0) is 20.2. The van der Waals surface area contributed by atoms with E-state index in [0.717, 1.165) is 29.0 Å². The Morgan fingerprint density at radius 3 is 2.86 bits per heavy atom. The summed E-state index contributed by atoms with van der Waals surface area (Å²) in [7, 11) is 0. The summed E-state index contributed by atoms with van der Waals surface area (Å²) in [6, 6.07) is 15.1. The Balaban J connectivity index is 1.42. The number of piperidine rings is 1. The highest BCUT2D eigenvalue weighted by atomic mass is 35.5. The number of hydrogen-bond donors (Lipinski definition) is 1. The van der Waals surface area contributed by atoms with Gasteiger partial charge in [-0.15, -0.1) is 11.8 Å². The first-order valence-corrected chi connectivity index (χ1v) is 11.0. The third-order valence-corrected chi connectivity index (χ3v) is 5.90. The number of nitrogens with zero attached hydrogens (tertiary/aromatic N) is 3. The molecule has 0 saturated carbocycles. The van der Waals surface area contributed by atoms with Gasteiger partial charge in [0.05, 0.1) is 5.92 Å². The number of benzene rings is 2. The monoisotopic (exact) mass is 428 g/mol. The molecule has 2 heterocycles. The number of likely N-dealkylation sites (tertiary alicyclic amines) is 1. The van der Waals surface area contributed by atoms with Gasteiger partial charge in [0.1, 0.15) is 0 Å². The average Bonchev–Trinajstić information content (AvgIpc) is 3.25. The Morgan fingerprint density at radius 1 is 1.28 bits per heavy atom. The zero-order valence-corrected chi connectivity index (χ0v) is 17.5. The molecule has 1 aliphatic heterocycles. The van der Waals surface area contributed by atoms with Crippen molar-refractivity contribution in [2.45, 2.75) is 23.7 Å². The van der Waals surface area contributed by atoms with E-state index in [4.69, 9.17) is 16.1 Å². The molecule has 4 rings (SSSR count). The molecule has 0 bridgehead atoms. The summed E-state index contributed by atoms with van der Waals surface area (Å²) < 4.78 is 5.51. The lowest BCUT2D eigenvalue weighted by atomic mass is 9.98. The lowest BCUT2D eigenvalue weighted by molar-refractivity contribution is 0.184. The van der Waals surface area contributed by atoms with Gasteiger partial charge in [0.25, 0.3) is 0 Å². The fourth-order valence-electron chi connectivity index (χ4n) is 3.39. The number of anilines is 1. The first kappa shape index (κ1) is 19.8. The number of carbonyl (C=O) groups is 1. The lowest BCUT2D eigenvalue weighted by Gasteiger charge is -2.31. The maximum Gasteiger partial charge on any atom is 0.321 e. The number of amides is 2. The molecule has 150 valence electrons. The Morgan fingerprint density at radius 2 is 2.10 bits per heavy atom.